The van der Waals surface area contributed by atoms with Gasteiger partial charge in [0.1, 0.15) is 0 Å². The number of rotatable bonds is 1. The third kappa shape index (κ3) is 1.99. The largest absolute Gasteiger partial charge is 0.450 e. The molecule has 2 unspecified atom stereocenters. The molecule has 0 spiro atoms. The first kappa shape index (κ1) is 9.55. The summed E-state index contributed by atoms with van der Waals surface area (Å²) in [4.78, 5) is 10.7. The highest BCUT2D eigenvalue weighted by molar-refractivity contribution is 5.86. The predicted molar refractivity (Wildman–Crippen MR) is 37.6 cm³/mol. The standard InChI is InChI=1S/C8H11F3O/c1-5-2-3-6(4-5)7(12)8(9,10)11/h5-6H,2-4H2,1H3. The van der Waals surface area contributed by atoms with Crippen LogP contribution >= 0.6 is 0 Å². The molecule has 0 aromatic rings. The zero-order valence-corrected chi connectivity index (χ0v) is 6.82. The van der Waals surface area contributed by atoms with Gasteiger partial charge in [-0.15, -0.1) is 0 Å². The fourth-order valence-electron chi connectivity index (χ4n) is 1.68. The molecule has 0 saturated heterocycles. The van der Waals surface area contributed by atoms with Gasteiger partial charge in [-0.25, -0.2) is 0 Å². The van der Waals surface area contributed by atoms with Gasteiger partial charge in [-0.05, 0) is 25.2 Å². The van der Waals surface area contributed by atoms with E-state index in [0.29, 0.717) is 12.8 Å². The van der Waals surface area contributed by atoms with Crippen LogP contribution in [0.3, 0.4) is 0 Å². The van der Waals surface area contributed by atoms with Crippen LogP contribution in [0.25, 0.3) is 0 Å². The molecule has 1 nitrogen and oxygen atoms in total. The molecule has 0 bridgehead atoms. The molecule has 4 heteroatoms. The third-order valence-electron chi connectivity index (χ3n) is 2.34. The van der Waals surface area contributed by atoms with Crippen molar-refractivity contribution in [3.63, 3.8) is 0 Å². The number of Topliss-reactive ketones (excluding diaryl/α,β-unsaturated/α-hetero) is 1. The fourth-order valence-corrected chi connectivity index (χ4v) is 1.68. The molecule has 1 rings (SSSR count). The van der Waals surface area contributed by atoms with Crippen molar-refractivity contribution in [3.05, 3.63) is 0 Å². The van der Waals surface area contributed by atoms with Gasteiger partial charge < -0.3 is 0 Å². The van der Waals surface area contributed by atoms with Crippen LogP contribution in [0.2, 0.25) is 0 Å². The van der Waals surface area contributed by atoms with E-state index in [1.807, 2.05) is 6.92 Å². The van der Waals surface area contributed by atoms with Crippen LogP contribution in [-0.4, -0.2) is 12.0 Å². The zero-order valence-electron chi connectivity index (χ0n) is 6.82. The molecule has 2 atom stereocenters. The van der Waals surface area contributed by atoms with Crippen LogP contribution in [0.4, 0.5) is 13.2 Å². The molecule has 12 heavy (non-hydrogen) atoms. The molecule has 70 valence electrons. The third-order valence-corrected chi connectivity index (χ3v) is 2.34. The zero-order chi connectivity index (χ0) is 9.35. The second kappa shape index (κ2) is 3.07. The Balaban J connectivity index is 2.55. The van der Waals surface area contributed by atoms with E-state index in [1.165, 1.54) is 0 Å². The average molecular weight is 180 g/mol. The van der Waals surface area contributed by atoms with Crippen LogP contribution < -0.4 is 0 Å². The molecule has 1 aliphatic carbocycles. The first-order valence-corrected chi connectivity index (χ1v) is 4.02. The normalized spacial score (nSPS) is 30.7. The van der Waals surface area contributed by atoms with Gasteiger partial charge in [-0.2, -0.15) is 13.2 Å². The summed E-state index contributed by atoms with van der Waals surface area (Å²) in [5, 5.41) is 0. The summed E-state index contributed by atoms with van der Waals surface area (Å²) in [6, 6.07) is 0. The van der Waals surface area contributed by atoms with Crippen molar-refractivity contribution in [1.82, 2.24) is 0 Å². The van der Waals surface area contributed by atoms with Crippen molar-refractivity contribution >= 4 is 5.78 Å². The van der Waals surface area contributed by atoms with Crippen LogP contribution in [-0.2, 0) is 4.79 Å². The Morgan fingerprint density at radius 3 is 2.25 bits per heavy atom. The van der Waals surface area contributed by atoms with Crippen molar-refractivity contribution in [2.45, 2.75) is 32.4 Å². The second-order valence-corrected chi connectivity index (χ2v) is 3.48. The Morgan fingerprint density at radius 1 is 1.33 bits per heavy atom. The van der Waals surface area contributed by atoms with Crippen molar-refractivity contribution in [2.24, 2.45) is 11.8 Å². The van der Waals surface area contributed by atoms with Crippen LogP contribution in [0.5, 0.6) is 0 Å². The Labute approximate surface area is 68.9 Å². The maximum Gasteiger partial charge on any atom is 0.450 e. The molecule has 1 fully saturated rings. The number of halogens is 3. The van der Waals surface area contributed by atoms with Gasteiger partial charge in [-0.1, -0.05) is 6.92 Å². The molecule has 0 amide bonds. The van der Waals surface area contributed by atoms with Gasteiger partial charge in [0, 0.05) is 5.92 Å². The first-order chi connectivity index (χ1) is 5.41. The highest BCUT2D eigenvalue weighted by Crippen LogP contribution is 2.35. The summed E-state index contributed by atoms with van der Waals surface area (Å²) < 4.78 is 35.6. The highest BCUT2D eigenvalue weighted by atomic mass is 19.4. The van der Waals surface area contributed by atoms with E-state index in [0.717, 1.165) is 6.42 Å². The van der Waals surface area contributed by atoms with Crippen LogP contribution in [0.15, 0.2) is 0 Å². The quantitative estimate of drug-likeness (QED) is 0.606. The van der Waals surface area contributed by atoms with E-state index >= 15 is 0 Å². The molecular formula is C8H11F3O. The first-order valence-electron chi connectivity index (χ1n) is 4.02. The lowest BCUT2D eigenvalue weighted by molar-refractivity contribution is -0.175. The Morgan fingerprint density at radius 2 is 1.92 bits per heavy atom. The van der Waals surface area contributed by atoms with Gasteiger partial charge in [-0.3, -0.25) is 4.79 Å². The van der Waals surface area contributed by atoms with Crippen molar-refractivity contribution in [1.29, 1.82) is 0 Å². The summed E-state index contributed by atoms with van der Waals surface area (Å²) >= 11 is 0. The number of hydrogen-bond acceptors (Lipinski definition) is 1. The van der Waals surface area contributed by atoms with Gasteiger partial charge >= 0.3 is 6.18 Å². The minimum atomic E-state index is -4.63. The van der Waals surface area contributed by atoms with Crippen molar-refractivity contribution < 1.29 is 18.0 Å². The number of hydrogen-bond donors (Lipinski definition) is 0. The van der Waals surface area contributed by atoms with E-state index in [2.05, 4.69) is 0 Å². The van der Waals surface area contributed by atoms with Crippen molar-refractivity contribution in [3.8, 4) is 0 Å². The van der Waals surface area contributed by atoms with E-state index in [-0.39, 0.29) is 5.92 Å². The van der Waals surface area contributed by atoms with E-state index < -0.39 is 17.9 Å². The maximum absolute atomic E-state index is 11.9. The summed E-state index contributed by atoms with van der Waals surface area (Å²) in [6.45, 7) is 1.88. The average Bonchev–Trinajstić information content (AvgIpc) is 2.32. The van der Waals surface area contributed by atoms with Gasteiger partial charge in [0.25, 0.3) is 0 Å². The summed E-state index contributed by atoms with van der Waals surface area (Å²) in [5.74, 6) is -2.03. The monoisotopic (exact) mass is 180 g/mol. The summed E-state index contributed by atoms with van der Waals surface area (Å²) in [6.07, 6.45) is -3.08. The lowest BCUT2D eigenvalue weighted by atomic mass is 10.0. The van der Waals surface area contributed by atoms with Gasteiger partial charge in [0.15, 0.2) is 0 Å². The summed E-state index contributed by atoms with van der Waals surface area (Å²) in [7, 11) is 0. The van der Waals surface area contributed by atoms with E-state index in [4.69, 9.17) is 0 Å². The Bertz CT molecular complexity index is 185. The maximum atomic E-state index is 11.9. The SMILES string of the molecule is CC1CCC(C(=O)C(F)(F)F)C1. The molecule has 0 N–H and O–H groups in total. The smallest absolute Gasteiger partial charge is 0.289 e. The number of alkyl halides is 3. The number of ketones is 1. The minimum absolute atomic E-state index is 0.265. The summed E-state index contributed by atoms with van der Waals surface area (Å²) in [5.41, 5.74) is 0. The second-order valence-electron chi connectivity index (χ2n) is 3.48. The molecule has 0 aliphatic heterocycles. The Hall–Kier alpha value is -0.540. The van der Waals surface area contributed by atoms with E-state index in [9.17, 15) is 18.0 Å². The fraction of sp³-hybridized carbons (Fsp3) is 0.875. The Kier molecular flexibility index (Phi) is 2.44. The molecule has 0 aromatic carbocycles. The molecule has 0 heterocycles. The minimum Gasteiger partial charge on any atom is -0.289 e. The topological polar surface area (TPSA) is 17.1 Å². The number of carbonyl (C=O) groups excluding carboxylic acids is 1. The van der Waals surface area contributed by atoms with Crippen LogP contribution in [0.1, 0.15) is 26.2 Å². The lowest BCUT2D eigenvalue weighted by Crippen LogP contribution is -2.29. The highest BCUT2D eigenvalue weighted by Gasteiger charge is 2.44. The molecular weight excluding hydrogens is 169 g/mol. The molecule has 1 aliphatic rings. The van der Waals surface area contributed by atoms with Crippen molar-refractivity contribution in [2.75, 3.05) is 0 Å². The molecule has 0 radical (unpaired) electrons. The lowest BCUT2D eigenvalue weighted by Gasteiger charge is -2.10. The molecule has 1 saturated carbocycles. The number of carbonyl (C=O) groups is 1. The molecule has 0 aromatic heterocycles. The van der Waals surface area contributed by atoms with Gasteiger partial charge in [0.2, 0.25) is 5.78 Å². The van der Waals surface area contributed by atoms with Crippen LogP contribution in [0, 0.1) is 11.8 Å². The van der Waals surface area contributed by atoms with Gasteiger partial charge in [0.05, 0.1) is 0 Å². The predicted octanol–water partition coefficient (Wildman–Crippen LogP) is 2.55. The van der Waals surface area contributed by atoms with E-state index in [1.54, 1.807) is 0 Å².